The topological polar surface area (TPSA) is 78.0 Å². The van der Waals surface area contributed by atoms with Crippen molar-refractivity contribution in [3.63, 3.8) is 0 Å². The highest BCUT2D eigenvalue weighted by atomic mass is 16.5. The second-order valence-electron chi connectivity index (χ2n) is 5.71. The number of anilines is 3. The van der Waals surface area contributed by atoms with E-state index in [9.17, 15) is 0 Å². The Labute approximate surface area is 141 Å². The molecular formula is C18H21N5O. The summed E-state index contributed by atoms with van der Waals surface area (Å²) in [6, 6.07) is 14.1. The fourth-order valence-corrected chi connectivity index (χ4v) is 2.40. The van der Waals surface area contributed by atoms with Crippen LogP contribution in [-0.2, 0) is 25.0 Å². The molecule has 6 heteroatoms. The number of hydrogen-bond donors (Lipinski definition) is 2. The molecule has 0 saturated heterocycles. The fourth-order valence-electron chi connectivity index (χ4n) is 2.40. The van der Waals surface area contributed by atoms with Crippen LogP contribution in [0.2, 0.25) is 0 Å². The van der Waals surface area contributed by atoms with Gasteiger partial charge in [-0.15, -0.1) is 0 Å². The lowest BCUT2D eigenvalue weighted by molar-refractivity contribution is 0.0993. The largest absolute Gasteiger partial charge is 0.397 e. The Balaban J connectivity index is 1.62. The molecule has 0 saturated carbocycles. The van der Waals surface area contributed by atoms with Crippen LogP contribution in [0.15, 0.2) is 48.8 Å². The molecule has 124 valence electrons. The van der Waals surface area contributed by atoms with Gasteiger partial charge in [0.15, 0.2) is 5.82 Å². The van der Waals surface area contributed by atoms with Gasteiger partial charge in [0.2, 0.25) is 0 Å². The van der Waals surface area contributed by atoms with Crippen LogP contribution in [0.3, 0.4) is 0 Å². The second-order valence-corrected chi connectivity index (χ2v) is 5.71. The van der Waals surface area contributed by atoms with E-state index in [1.807, 2.05) is 50.4 Å². The Kier molecular flexibility index (Phi) is 4.77. The van der Waals surface area contributed by atoms with E-state index in [0.29, 0.717) is 13.2 Å². The van der Waals surface area contributed by atoms with Crippen LogP contribution >= 0.6 is 0 Å². The minimum absolute atomic E-state index is 0.430. The molecule has 0 radical (unpaired) electrons. The molecule has 0 spiro atoms. The highest BCUT2D eigenvalue weighted by Crippen LogP contribution is 2.24. The van der Waals surface area contributed by atoms with Crippen molar-refractivity contribution in [2.24, 2.45) is 7.05 Å². The van der Waals surface area contributed by atoms with Gasteiger partial charge in [0.1, 0.15) is 12.9 Å². The minimum atomic E-state index is 0.430. The Hall–Kier alpha value is -2.86. The van der Waals surface area contributed by atoms with Gasteiger partial charge in [-0.25, -0.2) is 4.98 Å². The molecule has 0 unspecified atom stereocenters. The van der Waals surface area contributed by atoms with Gasteiger partial charge < -0.3 is 15.8 Å². The predicted molar refractivity (Wildman–Crippen MR) is 94.8 cm³/mol. The van der Waals surface area contributed by atoms with Crippen LogP contribution in [0, 0.1) is 6.92 Å². The third-order valence-corrected chi connectivity index (χ3v) is 3.72. The van der Waals surface area contributed by atoms with E-state index in [2.05, 4.69) is 21.5 Å². The second kappa shape index (κ2) is 7.14. The number of nitrogens with two attached hydrogens (primary N) is 1. The van der Waals surface area contributed by atoms with Gasteiger partial charge in [0.25, 0.3) is 0 Å². The third-order valence-electron chi connectivity index (χ3n) is 3.72. The van der Waals surface area contributed by atoms with Gasteiger partial charge in [-0.2, -0.15) is 5.10 Å². The molecule has 0 bridgehead atoms. The zero-order valence-corrected chi connectivity index (χ0v) is 13.9. The zero-order valence-electron chi connectivity index (χ0n) is 13.9. The standard InChI is InChI=1S/C18H21N5O/c1-13-6-7-17(16(19)8-13)22-15-5-3-4-14(9-15)10-24-11-18-20-12-21-23(18)2/h3-9,12,22H,10-11,19H2,1-2H3. The lowest BCUT2D eigenvalue weighted by Gasteiger charge is -2.11. The molecule has 6 nitrogen and oxygen atoms in total. The molecule has 2 aromatic carbocycles. The first kappa shape index (κ1) is 16.0. The fraction of sp³-hybridized carbons (Fsp3) is 0.222. The molecule has 3 rings (SSSR count). The number of hydrogen-bond acceptors (Lipinski definition) is 5. The maximum Gasteiger partial charge on any atom is 0.152 e. The smallest absolute Gasteiger partial charge is 0.152 e. The van der Waals surface area contributed by atoms with Crippen LogP contribution < -0.4 is 11.1 Å². The molecule has 0 atom stereocenters. The average Bonchev–Trinajstić information content (AvgIpc) is 2.96. The first-order chi connectivity index (χ1) is 11.6. The lowest BCUT2D eigenvalue weighted by Crippen LogP contribution is -2.03. The monoisotopic (exact) mass is 323 g/mol. The van der Waals surface area contributed by atoms with Gasteiger partial charge in [-0.05, 0) is 42.3 Å². The van der Waals surface area contributed by atoms with Crippen LogP contribution in [0.5, 0.6) is 0 Å². The SMILES string of the molecule is Cc1ccc(Nc2cccc(COCc3ncnn3C)c2)c(N)c1. The maximum absolute atomic E-state index is 6.05. The summed E-state index contributed by atoms with van der Waals surface area (Å²) in [4.78, 5) is 4.14. The normalized spacial score (nSPS) is 10.8. The van der Waals surface area contributed by atoms with Crippen LogP contribution in [-0.4, -0.2) is 14.8 Å². The quantitative estimate of drug-likeness (QED) is 0.681. The van der Waals surface area contributed by atoms with Crippen molar-refractivity contribution < 1.29 is 4.74 Å². The summed E-state index contributed by atoms with van der Waals surface area (Å²) in [6.07, 6.45) is 1.52. The number of aryl methyl sites for hydroxylation is 2. The number of nitrogens with one attached hydrogen (secondary N) is 1. The maximum atomic E-state index is 6.05. The number of nitrogens with zero attached hydrogens (tertiary/aromatic N) is 3. The van der Waals surface area contributed by atoms with Crippen molar-refractivity contribution in [3.8, 4) is 0 Å². The van der Waals surface area contributed by atoms with E-state index in [1.54, 1.807) is 4.68 Å². The number of rotatable bonds is 6. The van der Waals surface area contributed by atoms with Crippen molar-refractivity contribution in [1.29, 1.82) is 0 Å². The van der Waals surface area contributed by atoms with Gasteiger partial charge in [0.05, 0.1) is 18.0 Å². The van der Waals surface area contributed by atoms with Crippen LogP contribution in [0.4, 0.5) is 17.1 Å². The Morgan fingerprint density at radius 1 is 1.17 bits per heavy atom. The van der Waals surface area contributed by atoms with Crippen molar-refractivity contribution in [2.75, 3.05) is 11.1 Å². The summed E-state index contributed by atoms with van der Waals surface area (Å²) in [5.74, 6) is 0.803. The first-order valence-corrected chi connectivity index (χ1v) is 7.74. The zero-order chi connectivity index (χ0) is 16.9. The Bertz CT molecular complexity index is 828. The van der Waals surface area contributed by atoms with Crippen molar-refractivity contribution in [3.05, 3.63) is 65.7 Å². The van der Waals surface area contributed by atoms with E-state index < -0.39 is 0 Å². The molecule has 1 heterocycles. The van der Waals surface area contributed by atoms with E-state index in [-0.39, 0.29) is 0 Å². The van der Waals surface area contributed by atoms with E-state index in [0.717, 1.165) is 34.0 Å². The molecule has 24 heavy (non-hydrogen) atoms. The van der Waals surface area contributed by atoms with Gasteiger partial charge >= 0.3 is 0 Å². The van der Waals surface area contributed by atoms with Crippen LogP contribution in [0.1, 0.15) is 17.0 Å². The summed E-state index contributed by atoms with van der Waals surface area (Å²) in [7, 11) is 1.85. The molecule has 0 amide bonds. The summed E-state index contributed by atoms with van der Waals surface area (Å²) in [6.45, 7) is 2.96. The minimum Gasteiger partial charge on any atom is -0.397 e. The Morgan fingerprint density at radius 3 is 2.79 bits per heavy atom. The van der Waals surface area contributed by atoms with Gasteiger partial charge in [0, 0.05) is 12.7 Å². The van der Waals surface area contributed by atoms with Gasteiger partial charge in [-0.3, -0.25) is 4.68 Å². The van der Waals surface area contributed by atoms with Crippen molar-refractivity contribution in [1.82, 2.24) is 14.8 Å². The van der Waals surface area contributed by atoms with Crippen molar-refractivity contribution in [2.45, 2.75) is 20.1 Å². The number of ether oxygens (including phenoxy) is 1. The Morgan fingerprint density at radius 2 is 2.04 bits per heavy atom. The molecule has 0 fully saturated rings. The van der Waals surface area contributed by atoms with E-state index in [4.69, 9.17) is 10.5 Å². The summed E-state index contributed by atoms with van der Waals surface area (Å²) in [5.41, 5.74) is 10.9. The molecule has 0 aliphatic rings. The first-order valence-electron chi connectivity index (χ1n) is 7.74. The number of benzene rings is 2. The highest BCUT2D eigenvalue weighted by Gasteiger charge is 2.03. The number of aromatic nitrogens is 3. The molecule has 0 aliphatic carbocycles. The predicted octanol–water partition coefficient (Wildman–Crippen LogP) is 3.17. The van der Waals surface area contributed by atoms with E-state index >= 15 is 0 Å². The lowest BCUT2D eigenvalue weighted by atomic mass is 10.1. The molecule has 1 aromatic heterocycles. The summed E-state index contributed by atoms with van der Waals surface area (Å²) >= 11 is 0. The highest BCUT2D eigenvalue weighted by molar-refractivity contribution is 5.73. The van der Waals surface area contributed by atoms with Gasteiger partial charge in [-0.1, -0.05) is 18.2 Å². The van der Waals surface area contributed by atoms with Crippen molar-refractivity contribution >= 4 is 17.1 Å². The average molecular weight is 323 g/mol. The number of nitrogen functional groups attached to an aromatic ring is 1. The molecule has 3 N–H and O–H groups in total. The molecule has 3 aromatic rings. The summed E-state index contributed by atoms with van der Waals surface area (Å²) in [5, 5.41) is 7.37. The third kappa shape index (κ3) is 3.91. The van der Waals surface area contributed by atoms with E-state index in [1.165, 1.54) is 6.33 Å². The molecular weight excluding hydrogens is 302 g/mol. The van der Waals surface area contributed by atoms with Crippen LogP contribution in [0.25, 0.3) is 0 Å². The molecule has 0 aliphatic heterocycles. The summed E-state index contributed by atoms with van der Waals surface area (Å²) < 4.78 is 7.42.